The van der Waals surface area contributed by atoms with Crippen LogP contribution in [0.15, 0.2) is 29.4 Å². The molecule has 0 spiro atoms. The van der Waals surface area contributed by atoms with Crippen LogP contribution in [-0.4, -0.2) is 36.8 Å². The van der Waals surface area contributed by atoms with E-state index in [0.29, 0.717) is 13.0 Å². The van der Waals surface area contributed by atoms with Gasteiger partial charge in [0.2, 0.25) is 0 Å². The van der Waals surface area contributed by atoms with Crippen LogP contribution in [0.2, 0.25) is 0 Å². The number of nitrogens with zero attached hydrogens (tertiary/aromatic N) is 2. The Labute approximate surface area is 111 Å². The third-order valence-corrected chi connectivity index (χ3v) is 3.91. The SMILES string of the molecule is CN1N=C2CCNCC2(Cc2ccc(F)cc2)C1=O. The number of carbonyl (C=O) groups excluding carboxylic acids is 1. The largest absolute Gasteiger partial charge is 0.315 e. The predicted octanol–water partition coefficient (Wildman–Crippen LogP) is 1.18. The zero-order valence-electron chi connectivity index (χ0n) is 10.8. The van der Waals surface area contributed by atoms with Crippen molar-refractivity contribution < 1.29 is 9.18 Å². The second kappa shape index (κ2) is 4.42. The molecule has 4 nitrogen and oxygen atoms in total. The summed E-state index contributed by atoms with van der Waals surface area (Å²) in [7, 11) is 1.69. The molecule has 1 saturated heterocycles. The summed E-state index contributed by atoms with van der Waals surface area (Å²) in [5.74, 6) is -0.231. The Morgan fingerprint density at radius 3 is 2.89 bits per heavy atom. The van der Waals surface area contributed by atoms with E-state index in [1.54, 1.807) is 19.2 Å². The van der Waals surface area contributed by atoms with Gasteiger partial charge < -0.3 is 5.32 Å². The van der Waals surface area contributed by atoms with Crippen LogP contribution in [0.25, 0.3) is 0 Å². The van der Waals surface area contributed by atoms with Crippen LogP contribution in [0.1, 0.15) is 12.0 Å². The fraction of sp³-hybridized carbons (Fsp3) is 0.429. The van der Waals surface area contributed by atoms with Crippen molar-refractivity contribution in [2.24, 2.45) is 10.5 Å². The van der Waals surface area contributed by atoms with Crippen LogP contribution in [0.3, 0.4) is 0 Å². The molecular weight excluding hydrogens is 245 g/mol. The third-order valence-electron chi connectivity index (χ3n) is 3.91. The maximum absolute atomic E-state index is 13.0. The minimum absolute atomic E-state index is 0.0269. The average Bonchev–Trinajstić information content (AvgIpc) is 2.66. The van der Waals surface area contributed by atoms with E-state index in [1.165, 1.54) is 17.1 Å². The second-order valence-corrected chi connectivity index (χ2v) is 5.19. The van der Waals surface area contributed by atoms with Gasteiger partial charge in [-0.2, -0.15) is 5.10 Å². The molecule has 1 fully saturated rings. The Bertz CT molecular complexity index is 540. The monoisotopic (exact) mass is 261 g/mol. The number of hydrazone groups is 1. The van der Waals surface area contributed by atoms with E-state index in [2.05, 4.69) is 10.4 Å². The van der Waals surface area contributed by atoms with Crippen LogP contribution >= 0.6 is 0 Å². The molecule has 0 radical (unpaired) electrons. The van der Waals surface area contributed by atoms with Crippen molar-refractivity contribution in [1.82, 2.24) is 10.3 Å². The highest BCUT2D eigenvalue weighted by molar-refractivity contribution is 6.13. The van der Waals surface area contributed by atoms with Crippen molar-refractivity contribution >= 4 is 11.6 Å². The lowest BCUT2D eigenvalue weighted by molar-refractivity contribution is -0.134. The molecule has 0 bridgehead atoms. The Hall–Kier alpha value is -1.75. The van der Waals surface area contributed by atoms with Gasteiger partial charge in [0.25, 0.3) is 5.91 Å². The van der Waals surface area contributed by atoms with Crippen LogP contribution in [-0.2, 0) is 11.2 Å². The summed E-state index contributed by atoms with van der Waals surface area (Å²) in [5.41, 5.74) is 1.33. The topological polar surface area (TPSA) is 44.7 Å². The molecule has 0 saturated carbocycles. The van der Waals surface area contributed by atoms with Gasteiger partial charge in [-0.25, -0.2) is 9.40 Å². The Balaban J connectivity index is 1.93. The van der Waals surface area contributed by atoms with Gasteiger partial charge in [0.05, 0.1) is 5.71 Å². The molecule has 100 valence electrons. The van der Waals surface area contributed by atoms with E-state index in [4.69, 9.17) is 0 Å². The fourth-order valence-corrected chi connectivity index (χ4v) is 2.92. The minimum atomic E-state index is -0.579. The molecule has 19 heavy (non-hydrogen) atoms. The molecule has 1 unspecified atom stereocenters. The molecule has 1 amide bonds. The molecule has 1 atom stereocenters. The summed E-state index contributed by atoms with van der Waals surface area (Å²) in [6.07, 6.45) is 1.36. The van der Waals surface area contributed by atoms with Gasteiger partial charge in [-0.3, -0.25) is 4.79 Å². The van der Waals surface area contributed by atoms with E-state index >= 15 is 0 Å². The quantitative estimate of drug-likeness (QED) is 0.868. The standard InChI is InChI=1S/C14H16FN3O/c1-18-13(19)14(9-16-7-6-12(14)17-18)8-10-2-4-11(15)5-3-10/h2-5,16H,6-9H2,1H3. The molecule has 2 aliphatic heterocycles. The zero-order chi connectivity index (χ0) is 13.5. The van der Waals surface area contributed by atoms with Crippen molar-refractivity contribution in [3.05, 3.63) is 35.6 Å². The maximum Gasteiger partial charge on any atom is 0.256 e. The lowest BCUT2D eigenvalue weighted by Crippen LogP contribution is -2.52. The number of hydrogen-bond acceptors (Lipinski definition) is 3. The average molecular weight is 261 g/mol. The highest BCUT2D eigenvalue weighted by Crippen LogP contribution is 2.35. The first-order valence-electron chi connectivity index (χ1n) is 6.43. The van der Waals surface area contributed by atoms with E-state index in [0.717, 1.165) is 24.2 Å². The molecule has 1 aromatic carbocycles. The molecule has 0 aromatic heterocycles. The number of nitrogens with one attached hydrogen (secondary N) is 1. The molecule has 2 aliphatic rings. The Kier molecular flexibility index (Phi) is 2.86. The molecule has 1 aromatic rings. The number of halogens is 1. The van der Waals surface area contributed by atoms with E-state index in [9.17, 15) is 9.18 Å². The summed E-state index contributed by atoms with van der Waals surface area (Å²) in [4.78, 5) is 12.4. The highest BCUT2D eigenvalue weighted by atomic mass is 19.1. The number of rotatable bonds is 2. The summed E-state index contributed by atoms with van der Waals surface area (Å²) < 4.78 is 13.0. The Morgan fingerprint density at radius 2 is 2.16 bits per heavy atom. The van der Waals surface area contributed by atoms with Crippen LogP contribution in [0.5, 0.6) is 0 Å². The minimum Gasteiger partial charge on any atom is -0.315 e. The summed E-state index contributed by atoms with van der Waals surface area (Å²) in [5, 5.41) is 9.08. The maximum atomic E-state index is 13.0. The zero-order valence-corrected chi connectivity index (χ0v) is 10.8. The fourth-order valence-electron chi connectivity index (χ4n) is 2.92. The molecule has 1 N–H and O–H groups in total. The van der Waals surface area contributed by atoms with Crippen molar-refractivity contribution in [3.8, 4) is 0 Å². The van der Waals surface area contributed by atoms with Gasteiger partial charge in [0, 0.05) is 26.6 Å². The molecule has 0 aliphatic carbocycles. The number of hydrogen-bond donors (Lipinski definition) is 1. The van der Waals surface area contributed by atoms with Crippen LogP contribution in [0, 0.1) is 11.2 Å². The van der Waals surface area contributed by atoms with Gasteiger partial charge >= 0.3 is 0 Å². The number of fused-ring (bicyclic) bond motifs is 1. The van der Waals surface area contributed by atoms with Gasteiger partial charge in [-0.1, -0.05) is 12.1 Å². The first-order chi connectivity index (χ1) is 9.12. The summed E-state index contributed by atoms with van der Waals surface area (Å²) >= 11 is 0. The number of carbonyl (C=O) groups is 1. The number of amides is 1. The van der Waals surface area contributed by atoms with Crippen molar-refractivity contribution in [3.63, 3.8) is 0 Å². The van der Waals surface area contributed by atoms with Gasteiger partial charge in [0.1, 0.15) is 11.2 Å². The van der Waals surface area contributed by atoms with E-state index in [-0.39, 0.29) is 11.7 Å². The van der Waals surface area contributed by atoms with Crippen molar-refractivity contribution in [1.29, 1.82) is 0 Å². The normalized spacial score (nSPS) is 26.3. The van der Waals surface area contributed by atoms with Crippen molar-refractivity contribution in [2.75, 3.05) is 20.1 Å². The van der Waals surface area contributed by atoms with E-state index in [1.807, 2.05) is 0 Å². The molecular formula is C14H16FN3O. The van der Waals surface area contributed by atoms with Crippen LogP contribution in [0.4, 0.5) is 4.39 Å². The van der Waals surface area contributed by atoms with Crippen molar-refractivity contribution in [2.45, 2.75) is 12.8 Å². The third kappa shape index (κ3) is 1.94. The number of benzene rings is 1. The first kappa shape index (κ1) is 12.3. The smallest absolute Gasteiger partial charge is 0.256 e. The molecule has 2 heterocycles. The highest BCUT2D eigenvalue weighted by Gasteiger charge is 2.50. The lowest BCUT2D eigenvalue weighted by Gasteiger charge is -2.33. The van der Waals surface area contributed by atoms with Gasteiger partial charge in [-0.15, -0.1) is 0 Å². The first-order valence-corrected chi connectivity index (χ1v) is 6.43. The van der Waals surface area contributed by atoms with Gasteiger partial charge in [0.15, 0.2) is 0 Å². The summed E-state index contributed by atoms with van der Waals surface area (Å²) in [6.45, 7) is 1.46. The molecule has 3 rings (SSSR count). The van der Waals surface area contributed by atoms with E-state index < -0.39 is 5.41 Å². The van der Waals surface area contributed by atoms with Crippen LogP contribution < -0.4 is 5.32 Å². The van der Waals surface area contributed by atoms with Gasteiger partial charge in [-0.05, 0) is 24.1 Å². The predicted molar refractivity (Wildman–Crippen MR) is 70.2 cm³/mol. The Morgan fingerprint density at radius 1 is 1.42 bits per heavy atom. The summed E-state index contributed by atoms with van der Waals surface area (Å²) in [6, 6.07) is 6.34. The number of piperidine rings is 1. The second-order valence-electron chi connectivity index (χ2n) is 5.19. The lowest BCUT2D eigenvalue weighted by atomic mass is 9.74. The molecule has 5 heteroatoms.